The van der Waals surface area contributed by atoms with Crippen molar-refractivity contribution >= 4 is 51.0 Å². The normalized spacial score (nSPS) is 10.0. The lowest BCUT2D eigenvalue weighted by atomic mass is 10.3. The van der Waals surface area contributed by atoms with Gasteiger partial charge in [0.05, 0.1) is 11.5 Å². The summed E-state index contributed by atoms with van der Waals surface area (Å²) in [5.74, 6) is 0.587. The predicted molar refractivity (Wildman–Crippen MR) is 93.0 cm³/mol. The van der Waals surface area contributed by atoms with E-state index in [1.54, 1.807) is 30.5 Å². The van der Waals surface area contributed by atoms with E-state index >= 15 is 0 Å². The van der Waals surface area contributed by atoms with Crippen LogP contribution in [0.1, 0.15) is 0 Å². The molecule has 1 aromatic heterocycles. The molecule has 1 aromatic carbocycles. The number of carbonyl (C=O) groups is 2. The van der Waals surface area contributed by atoms with E-state index in [1.807, 2.05) is 18.2 Å². The van der Waals surface area contributed by atoms with Crippen molar-refractivity contribution < 1.29 is 9.59 Å². The van der Waals surface area contributed by atoms with Crippen LogP contribution in [0.15, 0.2) is 53.1 Å². The fourth-order valence-corrected chi connectivity index (χ4v) is 2.63. The van der Waals surface area contributed by atoms with Crippen LogP contribution in [0.5, 0.6) is 0 Å². The van der Waals surface area contributed by atoms with Gasteiger partial charge in [0.1, 0.15) is 5.82 Å². The molecule has 5 nitrogen and oxygen atoms in total. The Balaban J connectivity index is 1.69. The molecule has 2 rings (SSSR count). The molecule has 0 bridgehead atoms. The maximum atomic E-state index is 11.8. The van der Waals surface area contributed by atoms with E-state index in [0.717, 1.165) is 10.2 Å². The topological polar surface area (TPSA) is 71.1 Å². The Morgan fingerprint density at radius 3 is 2.50 bits per heavy atom. The van der Waals surface area contributed by atoms with Crippen molar-refractivity contribution in [2.24, 2.45) is 0 Å². The van der Waals surface area contributed by atoms with Gasteiger partial charge in [0.2, 0.25) is 11.8 Å². The van der Waals surface area contributed by atoms with Crippen LogP contribution in [0.4, 0.5) is 11.5 Å². The molecule has 1 heterocycles. The van der Waals surface area contributed by atoms with Crippen LogP contribution in [0, 0.1) is 0 Å². The van der Waals surface area contributed by atoms with Gasteiger partial charge in [0.15, 0.2) is 0 Å². The van der Waals surface area contributed by atoms with Gasteiger partial charge in [-0.15, -0.1) is 11.8 Å². The number of thioether (sulfide) groups is 1. The third kappa shape index (κ3) is 5.87. The first-order chi connectivity index (χ1) is 10.6. The Kier molecular flexibility index (Phi) is 6.42. The molecule has 7 heteroatoms. The van der Waals surface area contributed by atoms with Crippen LogP contribution < -0.4 is 10.6 Å². The number of benzene rings is 1. The van der Waals surface area contributed by atoms with Gasteiger partial charge in [-0.2, -0.15) is 0 Å². The van der Waals surface area contributed by atoms with Crippen molar-refractivity contribution in [2.45, 2.75) is 0 Å². The Morgan fingerprint density at radius 1 is 1.05 bits per heavy atom. The molecule has 0 aliphatic rings. The quantitative estimate of drug-likeness (QED) is 0.808. The van der Waals surface area contributed by atoms with Gasteiger partial charge < -0.3 is 10.6 Å². The molecule has 22 heavy (non-hydrogen) atoms. The summed E-state index contributed by atoms with van der Waals surface area (Å²) in [6, 6.07) is 12.6. The number of nitrogens with zero attached hydrogens (tertiary/aromatic N) is 1. The Morgan fingerprint density at radius 2 is 1.82 bits per heavy atom. The number of pyridine rings is 1. The molecule has 0 saturated heterocycles. The molecule has 0 aliphatic heterocycles. The van der Waals surface area contributed by atoms with Crippen molar-refractivity contribution in [3.63, 3.8) is 0 Å². The lowest BCUT2D eigenvalue weighted by molar-refractivity contribution is -0.114. The van der Waals surface area contributed by atoms with Gasteiger partial charge in [-0.1, -0.05) is 28.1 Å². The molecule has 2 aromatic rings. The monoisotopic (exact) mass is 379 g/mol. The highest BCUT2D eigenvalue weighted by atomic mass is 79.9. The first-order valence-electron chi connectivity index (χ1n) is 6.47. The highest BCUT2D eigenvalue weighted by Crippen LogP contribution is 2.16. The minimum Gasteiger partial charge on any atom is -0.325 e. The van der Waals surface area contributed by atoms with Crippen LogP contribution in [0.3, 0.4) is 0 Å². The zero-order chi connectivity index (χ0) is 15.8. The minimum absolute atomic E-state index is 0.145. The van der Waals surface area contributed by atoms with Crippen LogP contribution in [0.25, 0.3) is 0 Å². The largest absolute Gasteiger partial charge is 0.325 e. The second-order valence-corrected chi connectivity index (χ2v) is 6.22. The molecular formula is C15H14BrN3O2S. The number of hydrogen-bond donors (Lipinski definition) is 2. The highest BCUT2D eigenvalue weighted by Gasteiger charge is 2.07. The number of carbonyl (C=O) groups excluding carboxylic acids is 2. The van der Waals surface area contributed by atoms with Crippen molar-refractivity contribution in [3.8, 4) is 0 Å². The molecule has 0 fully saturated rings. The van der Waals surface area contributed by atoms with Gasteiger partial charge >= 0.3 is 0 Å². The van der Waals surface area contributed by atoms with E-state index < -0.39 is 0 Å². The van der Waals surface area contributed by atoms with Gasteiger partial charge in [0.25, 0.3) is 0 Å². The van der Waals surface area contributed by atoms with Crippen LogP contribution in [0.2, 0.25) is 0 Å². The summed E-state index contributed by atoms with van der Waals surface area (Å²) in [5, 5.41) is 5.44. The summed E-state index contributed by atoms with van der Waals surface area (Å²) in [7, 11) is 0. The second kappa shape index (κ2) is 8.55. The lowest BCUT2D eigenvalue weighted by Gasteiger charge is -2.06. The fourth-order valence-electron chi connectivity index (χ4n) is 1.62. The zero-order valence-corrected chi connectivity index (χ0v) is 14.0. The van der Waals surface area contributed by atoms with Crippen molar-refractivity contribution in [3.05, 3.63) is 53.1 Å². The molecule has 2 amide bonds. The number of amides is 2. The molecular weight excluding hydrogens is 366 g/mol. The smallest absolute Gasteiger partial charge is 0.235 e. The van der Waals surface area contributed by atoms with Crippen LogP contribution in [-0.2, 0) is 9.59 Å². The first-order valence-corrected chi connectivity index (χ1v) is 8.42. The summed E-state index contributed by atoms with van der Waals surface area (Å²) in [4.78, 5) is 27.5. The lowest BCUT2D eigenvalue weighted by Crippen LogP contribution is -2.18. The Hall–Kier alpha value is -1.86. The molecule has 0 unspecified atom stereocenters. The van der Waals surface area contributed by atoms with Crippen molar-refractivity contribution in [2.75, 3.05) is 22.1 Å². The summed E-state index contributed by atoms with van der Waals surface area (Å²) in [6.45, 7) is 0. The Labute approximate surface area is 141 Å². The van der Waals surface area contributed by atoms with Crippen molar-refractivity contribution in [1.29, 1.82) is 0 Å². The van der Waals surface area contributed by atoms with E-state index in [0.29, 0.717) is 5.82 Å². The standard InChI is InChI=1S/C15H14BrN3O2S/c16-11-4-3-5-12(8-11)18-14(20)9-22-10-15(21)19-13-6-1-2-7-17-13/h1-8H,9-10H2,(H,18,20)(H,17,19,21). The minimum atomic E-state index is -0.182. The molecule has 0 saturated carbocycles. The van der Waals surface area contributed by atoms with Gasteiger partial charge in [0, 0.05) is 16.4 Å². The highest BCUT2D eigenvalue weighted by molar-refractivity contribution is 9.10. The van der Waals surface area contributed by atoms with Gasteiger partial charge in [-0.05, 0) is 30.3 Å². The predicted octanol–water partition coefficient (Wildman–Crippen LogP) is 3.15. The average Bonchev–Trinajstić information content (AvgIpc) is 2.48. The molecule has 2 N–H and O–H groups in total. The SMILES string of the molecule is O=C(CSCC(=O)Nc1ccccn1)Nc1cccc(Br)c1. The first kappa shape index (κ1) is 16.5. The summed E-state index contributed by atoms with van der Waals surface area (Å²) >= 11 is 4.59. The number of rotatable bonds is 6. The van der Waals surface area contributed by atoms with Gasteiger partial charge in [-0.3, -0.25) is 9.59 Å². The van der Waals surface area contributed by atoms with E-state index in [-0.39, 0.29) is 23.3 Å². The number of aromatic nitrogens is 1. The average molecular weight is 380 g/mol. The van der Waals surface area contributed by atoms with E-state index in [4.69, 9.17) is 0 Å². The van der Waals surface area contributed by atoms with E-state index in [2.05, 4.69) is 31.5 Å². The van der Waals surface area contributed by atoms with Crippen LogP contribution in [-0.4, -0.2) is 28.3 Å². The number of anilines is 2. The van der Waals surface area contributed by atoms with Crippen molar-refractivity contribution in [1.82, 2.24) is 4.98 Å². The fraction of sp³-hybridized carbons (Fsp3) is 0.133. The number of nitrogens with one attached hydrogen (secondary N) is 2. The third-order valence-corrected chi connectivity index (χ3v) is 3.93. The third-order valence-electron chi connectivity index (χ3n) is 2.51. The van der Waals surface area contributed by atoms with Gasteiger partial charge in [-0.25, -0.2) is 4.98 Å². The molecule has 0 radical (unpaired) electrons. The maximum absolute atomic E-state index is 11.8. The molecule has 0 spiro atoms. The maximum Gasteiger partial charge on any atom is 0.235 e. The van der Waals surface area contributed by atoms with E-state index in [9.17, 15) is 9.59 Å². The molecule has 114 valence electrons. The van der Waals surface area contributed by atoms with Crippen LogP contribution >= 0.6 is 27.7 Å². The second-order valence-electron chi connectivity index (χ2n) is 4.31. The summed E-state index contributed by atoms with van der Waals surface area (Å²) in [6.07, 6.45) is 1.61. The Bertz CT molecular complexity index is 652. The molecule has 0 aliphatic carbocycles. The number of halogens is 1. The van der Waals surface area contributed by atoms with E-state index in [1.165, 1.54) is 11.8 Å². The summed E-state index contributed by atoms with van der Waals surface area (Å²) < 4.78 is 0.896. The molecule has 0 atom stereocenters. The summed E-state index contributed by atoms with van der Waals surface area (Å²) in [5.41, 5.74) is 0.720. The number of hydrogen-bond acceptors (Lipinski definition) is 4. The zero-order valence-electron chi connectivity index (χ0n) is 11.6.